The highest BCUT2D eigenvalue weighted by Crippen LogP contribution is 2.41. The number of non-ortho nitro benzene ring substituents is 1. The highest BCUT2D eigenvalue weighted by molar-refractivity contribution is 6.07. The topological polar surface area (TPSA) is 117 Å². The third kappa shape index (κ3) is 7.21. The molecule has 9 nitrogen and oxygen atoms in total. The Balaban J connectivity index is 1.86. The van der Waals surface area contributed by atoms with E-state index in [1.807, 2.05) is 0 Å². The number of carbonyl (C=O) groups excluding carboxylic acids is 2. The van der Waals surface area contributed by atoms with Crippen molar-refractivity contribution in [3.8, 4) is 5.75 Å². The zero-order valence-electron chi connectivity index (χ0n) is 21.7. The van der Waals surface area contributed by atoms with Gasteiger partial charge < -0.3 is 14.2 Å². The van der Waals surface area contributed by atoms with Gasteiger partial charge in [-0.3, -0.25) is 19.9 Å². The van der Waals surface area contributed by atoms with Crippen molar-refractivity contribution >= 4 is 23.3 Å². The molecule has 0 N–H and O–H groups in total. The van der Waals surface area contributed by atoms with Crippen molar-refractivity contribution in [2.45, 2.75) is 45.9 Å². The number of aliphatic imine (C=N–C) groups is 1. The molecule has 3 rings (SSSR count). The molecule has 0 amide bonds. The number of hydrogen-bond acceptors (Lipinski definition) is 8. The molecule has 0 saturated heterocycles. The van der Waals surface area contributed by atoms with E-state index < -0.39 is 46.5 Å². The van der Waals surface area contributed by atoms with Crippen molar-refractivity contribution in [2.75, 3.05) is 13.2 Å². The van der Waals surface area contributed by atoms with Gasteiger partial charge in [-0.05, 0) is 51.5 Å². The second-order valence-corrected chi connectivity index (χ2v) is 9.06. The Morgan fingerprint density at radius 3 is 2.41 bits per heavy atom. The first kappa shape index (κ1) is 29.3. The fourth-order valence-electron chi connectivity index (χ4n) is 4.24. The van der Waals surface area contributed by atoms with Crippen molar-refractivity contribution in [1.82, 2.24) is 0 Å². The molecule has 1 aliphatic rings. The molecule has 208 valence electrons. The predicted molar refractivity (Wildman–Crippen MR) is 134 cm³/mol. The molecule has 2 atom stereocenters. The van der Waals surface area contributed by atoms with Crippen LogP contribution in [0.5, 0.6) is 5.75 Å². The summed E-state index contributed by atoms with van der Waals surface area (Å²) in [6, 6.07) is 9.83. The van der Waals surface area contributed by atoms with E-state index in [9.17, 15) is 32.9 Å². The average molecular weight is 549 g/mol. The second kappa shape index (κ2) is 12.1. The van der Waals surface area contributed by atoms with Crippen molar-refractivity contribution in [1.29, 1.82) is 0 Å². The zero-order chi connectivity index (χ0) is 28.9. The van der Waals surface area contributed by atoms with Crippen LogP contribution in [0.25, 0.3) is 0 Å². The lowest BCUT2D eigenvalue weighted by Crippen LogP contribution is -2.37. The van der Waals surface area contributed by atoms with Gasteiger partial charge in [0.05, 0.1) is 22.2 Å². The molecule has 2 aromatic rings. The highest BCUT2D eigenvalue weighted by atomic mass is 19.4. The summed E-state index contributed by atoms with van der Waals surface area (Å²) in [5.41, 5.74) is -0.183. The maximum atomic E-state index is 13.3. The molecular weight excluding hydrogens is 521 g/mol. The Labute approximate surface area is 222 Å². The van der Waals surface area contributed by atoms with Gasteiger partial charge in [-0.1, -0.05) is 18.2 Å². The number of carbonyl (C=O) groups is 2. The number of nitro benzene ring substituents is 1. The number of allylic oxidation sites excluding steroid dienone is 1. The van der Waals surface area contributed by atoms with E-state index in [0.29, 0.717) is 11.3 Å². The monoisotopic (exact) mass is 548 g/mol. The molecular formula is C27H27F3N2O7. The maximum absolute atomic E-state index is 13.3. The summed E-state index contributed by atoms with van der Waals surface area (Å²) in [4.78, 5) is 41.6. The number of esters is 2. The van der Waals surface area contributed by atoms with Gasteiger partial charge in [0, 0.05) is 29.5 Å². The van der Waals surface area contributed by atoms with Crippen LogP contribution in [0.1, 0.15) is 44.7 Å². The van der Waals surface area contributed by atoms with Gasteiger partial charge in [0.25, 0.3) is 5.69 Å². The van der Waals surface area contributed by atoms with Crippen LogP contribution in [0, 0.1) is 16.0 Å². The van der Waals surface area contributed by atoms with Crippen molar-refractivity contribution in [2.24, 2.45) is 10.9 Å². The Kier molecular flexibility index (Phi) is 9.10. The number of rotatable bonds is 9. The normalized spacial score (nSPS) is 17.5. The number of alkyl halides is 3. The molecule has 0 aliphatic carbocycles. The fraction of sp³-hybridized carbons (Fsp3) is 0.370. The third-order valence-electron chi connectivity index (χ3n) is 5.84. The van der Waals surface area contributed by atoms with E-state index in [-0.39, 0.29) is 35.9 Å². The molecule has 0 aromatic heterocycles. The largest absolute Gasteiger partial charge is 0.490 e. The highest BCUT2D eigenvalue weighted by Gasteiger charge is 2.43. The maximum Gasteiger partial charge on any atom is 0.416 e. The van der Waals surface area contributed by atoms with Gasteiger partial charge in [-0.15, -0.1) is 0 Å². The van der Waals surface area contributed by atoms with Gasteiger partial charge in [0.1, 0.15) is 24.9 Å². The van der Waals surface area contributed by atoms with Crippen molar-refractivity contribution in [3.05, 3.63) is 81.0 Å². The Bertz CT molecular complexity index is 1320. The minimum Gasteiger partial charge on any atom is -0.490 e. The van der Waals surface area contributed by atoms with Crippen LogP contribution in [0.15, 0.2) is 64.8 Å². The lowest BCUT2D eigenvalue weighted by atomic mass is 9.75. The van der Waals surface area contributed by atoms with E-state index in [0.717, 1.165) is 12.1 Å². The number of nitro groups is 1. The first-order valence-electron chi connectivity index (χ1n) is 12.0. The lowest BCUT2D eigenvalue weighted by molar-refractivity contribution is -0.384. The van der Waals surface area contributed by atoms with E-state index >= 15 is 0 Å². The number of hydrogen-bond donors (Lipinski definition) is 0. The van der Waals surface area contributed by atoms with Crippen LogP contribution in [-0.4, -0.2) is 41.9 Å². The third-order valence-corrected chi connectivity index (χ3v) is 5.84. The Hall–Kier alpha value is -4.22. The first-order chi connectivity index (χ1) is 18.3. The Morgan fingerprint density at radius 2 is 1.77 bits per heavy atom. The molecule has 0 bridgehead atoms. The Morgan fingerprint density at radius 1 is 1.08 bits per heavy atom. The first-order valence-corrected chi connectivity index (χ1v) is 12.0. The lowest BCUT2D eigenvalue weighted by Gasteiger charge is -2.32. The summed E-state index contributed by atoms with van der Waals surface area (Å²) in [5, 5.41) is 11.4. The van der Waals surface area contributed by atoms with Crippen molar-refractivity contribution in [3.63, 3.8) is 0 Å². The van der Waals surface area contributed by atoms with Gasteiger partial charge in [-0.2, -0.15) is 13.2 Å². The van der Waals surface area contributed by atoms with Crippen LogP contribution < -0.4 is 4.74 Å². The molecule has 0 saturated carbocycles. The number of benzene rings is 2. The van der Waals surface area contributed by atoms with E-state index in [1.54, 1.807) is 33.8 Å². The zero-order valence-corrected chi connectivity index (χ0v) is 21.7. The molecule has 39 heavy (non-hydrogen) atoms. The standard InChI is InChI=1S/C27H27F3N2O7/c1-15(2)39-26(34)23-17(4)31-16(3)22(24(23)18-7-5-9-20(13-18)32(35)36)25(33)38-12-11-37-21-10-6-8-19(14-21)27(28,29)30/h5-10,13-15,23-24H,11-12H2,1-4H3. The molecule has 1 aliphatic heterocycles. The smallest absolute Gasteiger partial charge is 0.416 e. The molecule has 2 aromatic carbocycles. The minimum atomic E-state index is -4.54. The SMILES string of the molecule is CC1=NC(C)=C(C(=O)OCCOc2cccc(C(F)(F)F)c2)C(c2cccc([N+](=O)[O-])c2)C1C(=O)OC(C)C. The van der Waals surface area contributed by atoms with Crippen LogP contribution >= 0.6 is 0 Å². The van der Waals surface area contributed by atoms with Gasteiger partial charge in [0.2, 0.25) is 0 Å². The minimum absolute atomic E-state index is 0.00544. The summed E-state index contributed by atoms with van der Waals surface area (Å²) >= 11 is 0. The van der Waals surface area contributed by atoms with Crippen molar-refractivity contribution < 1.29 is 41.9 Å². The van der Waals surface area contributed by atoms with Crippen LogP contribution in [0.4, 0.5) is 18.9 Å². The van der Waals surface area contributed by atoms with E-state index in [1.165, 1.54) is 30.3 Å². The fourth-order valence-corrected chi connectivity index (χ4v) is 4.24. The molecule has 2 unspecified atom stereocenters. The van der Waals surface area contributed by atoms with E-state index in [2.05, 4.69) is 4.99 Å². The van der Waals surface area contributed by atoms with Crippen LogP contribution in [-0.2, 0) is 25.2 Å². The molecule has 0 fully saturated rings. The van der Waals surface area contributed by atoms with Gasteiger partial charge >= 0.3 is 18.1 Å². The molecule has 12 heteroatoms. The number of ether oxygens (including phenoxy) is 3. The summed E-state index contributed by atoms with van der Waals surface area (Å²) in [5.74, 6) is -3.61. The van der Waals surface area contributed by atoms with Crippen LogP contribution in [0.2, 0.25) is 0 Å². The summed E-state index contributed by atoms with van der Waals surface area (Å²) in [6.07, 6.45) is -5.00. The summed E-state index contributed by atoms with van der Waals surface area (Å²) < 4.78 is 54.8. The van der Waals surface area contributed by atoms with E-state index in [4.69, 9.17) is 14.2 Å². The summed E-state index contributed by atoms with van der Waals surface area (Å²) in [7, 11) is 0. The molecule has 1 heterocycles. The van der Waals surface area contributed by atoms with Gasteiger partial charge in [0.15, 0.2) is 0 Å². The second-order valence-electron chi connectivity index (χ2n) is 9.06. The van der Waals surface area contributed by atoms with Gasteiger partial charge in [-0.25, -0.2) is 4.79 Å². The molecule has 0 radical (unpaired) electrons. The number of halogens is 3. The predicted octanol–water partition coefficient (Wildman–Crippen LogP) is 5.64. The quantitative estimate of drug-likeness (QED) is 0.172. The molecule has 0 spiro atoms. The summed E-state index contributed by atoms with van der Waals surface area (Å²) in [6.45, 7) is 5.91. The number of nitrogens with zero attached hydrogens (tertiary/aromatic N) is 2. The van der Waals surface area contributed by atoms with Crippen LogP contribution in [0.3, 0.4) is 0 Å². The average Bonchev–Trinajstić information content (AvgIpc) is 2.85.